The first-order chi connectivity index (χ1) is 12.3. The van der Waals surface area contributed by atoms with E-state index in [4.69, 9.17) is 0 Å². The van der Waals surface area contributed by atoms with Crippen LogP contribution in [0.2, 0.25) is 0 Å². The van der Waals surface area contributed by atoms with Crippen LogP contribution in [0.3, 0.4) is 0 Å². The van der Waals surface area contributed by atoms with Gasteiger partial charge in [0.15, 0.2) is 0 Å². The Balaban J connectivity index is 2.11. The summed E-state index contributed by atoms with van der Waals surface area (Å²) in [6.07, 6.45) is 4.78. The van der Waals surface area contributed by atoms with Gasteiger partial charge in [-0.15, -0.1) is 0 Å². The van der Waals surface area contributed by atoms with Crippen LogP contribution in [0.15, 0.2) is 72.8 Å². The van der Waals surface area contributed by atoms with Crippen molar-refractivity contribution in [3.05, 3.63) is 83.9 Å². The molecule has 0 atom stereocenters. The van der Waals surface area contributed by atoms with Gasteiger partial charge in [-0.25, -0.2) is 0 Å². The highest BCUT2D eigenvalue weighted by Gasteiger charge is 2.12. The van der Waals surface area contributed by atoms with Gasteiger partial charge in [0.25, 0.3) is 0 Å². The molecule has 25 heavy (non-hydrogen) atoms. The molecule has 0 aliphatic heterocycles. The number of unbranched alkanes of at least 4 members (excludes halogenated alkanes) is 2. The van der Waals surface area contributed by atoms with Crippen molar-refractivity contribution in [3.63, 3.8) is 0 Å². The highest BCUT2D eigenvalue weighted by molar-refractivity contribution is 5.86. The van der Waals surface area contributed by atoms with Crippen LogP contribution in [0, 0.1) is 11.3 Å². The molecule has 1 heteroatoms. The van der Waals surface area contributed by atoms with E-state index in [9.17, 15) is 5.26 Å². The Morgan fingerprint density at radius 3 is 2.28 bits per heavy atom. The average molecular weight is 325 g/mol. The second-order valence-electron chi connectivity index (χ2n) is 6.36. The van der Waals surface area contributed by atoms with E-state index >= 15 is 0 Å². The first kappa shape index (κ1) is 17.0. The largest absolute Gasteiger partial charge is 0.192 e. The summed E-state index contributed by atoms with van der Waals surface area (Å²) in [5.74, 6) is 0. The van der Waals surface area contributed by atoms with Crippen molar-refractivity contribution in [2.75, 3.05) is 0 Å². The summed E-state index contributed by atoms with van der Waals surface area (Å²) in [6, 6.07) is 27.4. The first-order valence-corrected chi connectivity index (χ1v) is 9.01. The highest BCUT2D eigenvalue weighted by atomic mass is 14.2. The summed E-state index contributed by atoms with van der Waals surface area (Å²) in [5.41, 5.74) is 6.60. The molecular formula is C24H23N. The van der Waals surface area contributed by atoms with Gasteiger partial charge in [0.2, 0.25) is 0 Å². The number of rotatable bonds is 6. The minimum atomic E-state index is 0.727. The summed E-state index contributed by atoms with van der Waals surface area (Å²) in [7, 11) is 0. The third-order valence-electron chi connectivity index (χ3n) is 4.58. The first-order valence-electron chi connectivity index (χ1n) is 9.01. The summed E-state index contributed by atoms with van der Waals surface area (Å²) in [4.78, 5) is 0. The van der Waals surface area contributed by atoms with E-state index < -0.39 is 0 Å². The molecule has 0 radical (unpaired) electrons. The molecule has 0 saturated heterocycles. The molecule has 0 amide bonds. The lowest BCUT2D eigenvalue weighted by molar-refractivity contribution is 0.717. The maximum absolute atomic E-state index is 9.53. The van der Waals surface area contributed by atoms with Gasteiger partial charge in [-0.05, 0) is 41.2 Å². The molecule has 0 aliphatic rings. The molecule has 0 N–H and O–H groups in total. The second kappa shape index (κ2) is 8.31. The van der Waals surface area contributed by atoms with Crippen molar-refractivity contribution < 1.29 is 0 Å². The van der Waals surface area contributed by atoms with Crippen molar-refractivity contribution >= 4 is 0 Å². The summed E-state index contributed by atoms with van der Waals surface area (Å²) >= 11 is 0. The molecule has 0 fully saturated rings. The van der Waals surface area contributed by atoms with Crippen LogP contribution in [0.25, 0.3) is 22.3 Å². The number of nitrogens with zero attached hydrogens (tertiary/aromatic N) is 1. The van der Waals surface area contributed by atoms with Crippen LogP contribution < -0.4 is 0 Å². The fraction of sp³-hybridized carbons (Fsp3) is 0.208. The zero-order chi connectivity index (χ0) is 17.5. The van der Waals surface area contributed by atoms with Gasteiger partial charge in [0, 0.05) is 5.56 Å². The fourth-order valence-electron chi connectivity index (χ4n) is 3.23. The van der Waals surface area contributed by atoms with Crippen molar-refractivity contribution in [2.45, 2.75) is 32.6 Å². The van der Waals surface area contributed by atoms with Gasteiger partial charge in [0.1, 0.15) is 0 Å². The zero-order valence-electron chi connectivity index (χ0n) is 14.7. The molecule has 0 unspecified atom stereocenters. The molecular weight excluding hydrogens is 302 g/mol. The van der Waals surface area contributed by atoms with Gasteiger partial charge in [-0.2, -0.15) is 5.26 Å². The summed E-state index contributed by atoms with van der Waals surface area (Å²) in [6.45, 7) is 2.23. The molecule has 124 valence electrons. The Morgan fingerprint density at radius 2 is 1.52 bits per heavy atom. The molecule has 0 bridgehead atoms. The Kier molecular flexibility index (Phi) is 5.65. The van der Waals surface area contributed by atoms with Crippen LogP contribution in [0.5, 0.6) is 0 Å². The molecule has 3 aromatic rings. The SMILES string of the molecule is CCCCCc1ccc(-c2ccccc2)c(-c2ccccc2C#N)c1. The topological polar surface area (TPSA) is 23.8 Å². The van der Waals surface area contributed by atoms with Gasteiger partial charge in [0.05, 0.1) is 11.6 Å². The van der Waals surface area contributed by atoms with Crippen LogP contribution in [-0.2, 0) is 6.42 Å². The fourth-order valence-corrected chi connectivity index (χ4v) is 3.23. The van der Waals surface area contributed by atoms with Gasteiger partial charge < -0.3 is 0 Å². The predicted octanol–water partition coefficient (Wildman–Crippen LogP) is 6.62. The minimum Gasteiger partial charge on any atom is -0.192 e. The standard InChI is InChI=1S/C24H23N/c1-2-3-5-10-19-15-16-23(20-11-6-4-7-12-20)24(17-19)22-14-9-8-13-21(22)18-25/h4,6-9,11-17H,2-3,5,10H2,1H3. The number of hydrogen-bond donors (Lipinski definition) is 0. The number of hydrogen-bond acceptors (Lipinski definition) is 1. The molecule has 0 heterocycles. The third-order valence-corrected chi connectivity index (χ3v) is 4.58. The maximum atomic E-state index is 9.53. The van der Waals surface area contributed by atoms with E-state index in [-0.39, 0.29) is 0 Å². The molecule has 0 saturated carbocycles. The monoisotopic (exact) mass is 325 g/mol. The van der Waals surface area contributed by atoms with Crippen molar-refractivity contribution in [1.82, 2.24) is 0 Å². The maximum Gasteiger partial charge on any atom is 0.0998 e. The Hall–Kier alpha value is -2.85. The van der Waals surface area contributed by atoms with Gasteiger partial charge in [-0.1, -0.05) is 86.5 Å². The van der Waals surface area contributed by atoms with E-state index in [1.165, 1.54) is 36.0 Å². The average Bonchev–Trinajstić information content (AvgIpc) is 2.69. The smallest absolute Gasteiger partial charge is 0.0998 e. The minimum absolute atomic E-state index is 0.727. The van der Waals surface area contributed by atoms with Crippen LogP contribution in [0.4, 0.5) is 0 Å². The Labute approximate surface area is 150 Å². The Bertz CT molecular complexity index is 872. The van der Waals surface area contributed by atoms with Gasteiger partial charge >= 0.3 is 0 Å². The van der Waals surface area contributed by atoms with E-state index in [0.29, 0.717) is 0 Å². The van der Waals surface area contributed by atoms with E-state index in [1.54, 1.807) is 0 Å². The summed E-state index contributed by atoms with van der Waals surface area (Å²) < 4.78 is 0. The molecule has 3 rings (SSSR count). The Morgan fingerprint density at radius 1 is 0.760 bits per heavy atom. The van der Waals surface area contributed by atoms with Crippen molar-refractivity contribution in [3.8, 4) is 28.3 Å². The van der Waals surface area contributed by atoms with Crippen molar-refractivity contribution in [1.29, 1.82) is 5.26 Å². The molecule has 0 spiro atoms. The lowest BCUT2D eigenvalue weighted by atomic mass is 9.90. The van der Waals surface area contributed by atoms with E-state index in [0.717, 1.165) is 23.1 Å². The lowest BCUT2D eigenvalue weighted by Gasteiger charge is -2.14. The highest BCUT2D eigenvalue weighted by Crippen LogP contribution is 2.35. The van der Waals surface area contributed by atoms with Crippen LogP contribution in [0.1, 0.15) is 37.3 Å². The predicted molar refractivity (Wildman–Crippen MR) is 105 cm³/mol. The zero-order valence-corrected chi connectivity index (χ0v) is 14.7. The number of nitriles is 1. The number of aryl methyl sites for hydroxylation is 1. The molecule has 0 aliphatic carbocycles. The van der Waals surface area contributed by atoms with E-state index in [2.05, 4.69) is 61.5 Å². The van der Waals surface area contributed by atoms with Gasteiger partial charge in [-0.3, -0.25) is 0 Å². The lowest BCUT2D eigenvalue weighted by Crippen LogP contribution is -1.92. The van der Waals surface area contributed by atoms with Crippen LogP contribution >= 0.6 is 0 Å². The van der Waals surface area contributed by atoms with Crippen LogP contribution in [-0.4, -0.2) is 0 Å². The molecule has 1 nitrogen and oxygen atoms in total. The second-order valence-corrected chi connectivity index (χ2v) is 6.36. The normalized spacial score (nSPS) is 10.4. The van der Waals surface area contributed by atoms with E-state index in [1.807, 2.05) is 24.3 Å². The van der Waals surface area contributed by atoms with Crippen molar-refractivity contribution in [2.24, 2.45) is 0 Å². The third kappa shape index (κ3) is 3.98. The summed E-state index contributed by atoms with van der Waals surface area (Å²) in [5, 5.41) is 9.53. The quantitative estimate of drug-likeness (QED) is 0.467. The number of benzene rings is 3. The molecule has 3 aromatic carbocycles. The molecule has 0 aromatic heterocycles.